The van der Waals surface area contributed by atoms with Gasteiger partial charge in [0.1, 0.15) is 12.4 Å². The summed E-state index contributed by atoms with van der Waals surface area (Å²) in [4.78, 5) is 12.2. The van der Waals surface area contributed by atoms with Crippen molar-refractivity contribution in [2.45, 2.75) is 26.9 Å². The van der Waals surface area contributed by atoms with E-state index in [4.69, 9.17) is 4.74 Å². The highest BCUT2D eigenvalue weighted by Gasteiger charge is 2.06. The predicted molar refractivity (Wildman–Crippen MR) is 125 cm³/mol. The van der Waals surface area contributed by atoms with Crippen LogP contribution in [0.25, 0.3) is 0 Å². The smallest absolute Gasteiger partial charge is 0.244 e. The molecule has 0 saturated carbocycles. The highest BCUT2D eigenvalue weighted by atomic mass is 127. The predicted octanol–water partition coefficient (Wildman–Crippen LogP) is 5.18. The quantitative estimate of drug-likeness (QED) is 0.277. The molecule has 3 aromatic rings. The molecule has 0 aliphatic heterocycles. The van der Waals surface area contributed by atoms with Crippen LogP contribution < -0.4 is 10.2 Å². The van der Waals surface area contributed by atoms with E-state index in [2.05, 4.69) is 51.3 Å². The normalized spacial score (nSPS) is 10.9. The van der Waals surface area contributed by atoms with Gasteiger partial charge in [0.2, 0.25) is 5.91 Å². The Hall–Kier alpha value is -2.67. The molecule has 0 aliphatic rings. The number of halogens is 1. The molecule has 5 heteroatoms. The molecule has 0 atom stereocenters. The van der Waals surface area contributed by atoms with E-state index in [0.29, 0.717) is 13.0 Å². The number of carbonyl (C=O) groups excluding carboxylic acids is 1. The number of para-hydroxylation sites is 1. The van der Waals surface area contributed by atoms with Crippen LogP contribution in [-0.4, -0.2) is 12.1 Å². The van der Waals surface area contributed by atoms with Crippen LogP contribution in [0, 0.1) is 17.4 Å². The van der Waals surface area contributed by atoms with Crippen molar-refractivity contribution in [2.24, 2.45) is 5.10 Å². The van der Waals surface area contributed by atoms with Gasteiger partial charge in [0, 0.05) is 9.13 Å². The van der Waals surface area contributed by atoms with Crippen LogP contribution in [-0.2, 0) is 17.8 Å². The van der Waals surface area contributed by atoms with Crippen LogP contribution in [0.15, 0.2) is 71.8 Å². The molecular formula is C24H23IN2O2. The fourth-order valence-electron chi connectivity index (χ4n) is 2.89. The number of nitrogens with zero attached hydrogens (tertiary/aromatic N) is 1. The van der Waals surface area contributed by atoms with Crippen molar-refractivity contribution in [3.63, 3.8) is 0 Å². The molecule has 0 aliphatic carbocycles. The first-order valence-corrected chi connectivity index (χ1v) is 10.4. The number of rotatable bonds is 7. The summed E-state index contributed by atoms with van der Waals surface area (Å²) in [6.07, 6.45) is 1.91. The Morgan fingerprint density at radius 2 is 1.83 bits per heavy atom. The number of hydrogen-bond acceptors (Lipinski definition) is 3. The average Bonchev–Trinajstić information content (AvgIpc) is 2.70. The fraction of sp³-hybridized carbons (Fsp3) is 0.167. The lowest BCUT2D eigenvalue weighted by Crippen LogP contribution is -2.20. The van der Waals surface area contributed by atoms with Crippen LogP contribution in [0.1, 0.15) is 27.8 Å². The number of benzene rings is 3. The van der Waals surface area contributed by atoms with Crippen LogP contribution in [0.3, 0.4) is 0 Å². The summed E-state index contributed by atoms with van der Waals surface area (Å²) in [6, 6.07) is 21.9. The summed E-state index contributed by atoms with van der Waals surface area (Å²) in [5, 5.41) is 4.11. The second-order valence-electron chi connectivity index (χ2n) is 6.85. The van der Waals surface area contributed by atoms with Crippen molar-refractivity contribution in [1.29, 1.82) is 0 Å². The Kier molecular flexibility index (Phi) is 7.41. The third-order valence-corrected chi connectivity index (χ3v) is 5.19. The van der Waals surface area contributed by atoms with E-state index in [1.165, 1.54) is 9.13 Å². The average molecular weight is 498 g/mol. The maximum absolute atomic E-state index is 12.2. The maximum Gasteiger partial charge on any atom is 0.244 e. The SMILES string of the molecule is Cc1ccc(CC(=O)N/N=C\c2ccccc2OCc2ccc(I)cc2)c(C)c1. The number of nitrogens with one attached hydrogen (secondary N) is 1. The van der Waals surface area contributed by atoms with Crippen LogP contribution >= 0.6 is 22.6 Å². The van der Waals surface area contributed by atoms with Crippen molar-refractivity contribution >= 4 is 34.7 Å². The first kappa shape index (κ1) is 21.0. The summed E-state index contributed by atoms with van der Waals surface area (Å²) < 4.78 is 7.13. The van der Waals surface area contributed by atoms with Gasteiger partial charge in [-0.2, -0.15) is 5.10 Å². The number of aryl methyl sites for hydroxylation is 2. The van der Waals surface area contributed by atoms with Gasteiger partial charge < -0.3 is 4.74 Å². The zero-order valence-electron chi connectivity index (χ0n) is 16.5. The molecule has 0 aromatic heterocycles. The molecule has 1 amide bonds. The number of amides is 1. The van der Waals surface area contributed by atoms with Gasteiger partial charge in [0.05, 0.1) is 12.6 Å². The van der Waals surface area contributed by atoms with Crippen LogP contribution in [0.4, 0.5) is 0 Å². The van der Waals surface area contributed by atoms with Crippen molar-refractivity contribution in [1.82, 2.24) is 5.43 Å². The monoisotopic (exact) mass is 498 g/mol. The molecule has 1 N–H and O–H groups in total. The number of carbonyl (C=O) groups is 1. The molecule has 4 nitrogen and oxygen atoms in total. The third kappa shape index (κ3) is 6.42. The Labute approximate surface area is 185 Å². The molecule has 0 spiro atoms. The van der Waals surface area contributed by atoms with Crippen molar-refractivity contribution < 1.29 is 9.53 Å². The number of hydrogen-bond donors (Lipinski definition) is 1. The molecule has 0 saturated heterocycles. The van der Waals surface area contributed by atoms with E-state index in [-0.39, 0.29) is 5.91 Å². The highest BCUT2D eigenvalue weighted by molar-refractivity contribution is 14.1. The summed E-state index contributed by atoms with van der Waals surface area (Å²) in [5.41, 5.74) is 7.81. The molecule has 0 heterocycles. The first-order chi connectivity index (χ1) is 14.0. The molecule has 3 aromatic carbocycles. The number of hydrazone groups is 1. The highest BCUT2D eigenvalue weighted by Crippen LogP contribution is 2.18. The molecule has 0 bridgehead atoms. The van der Waals surface area contributed by atoms with Crippen molar-refractivity contribution in [3.05, 3.63) is 98.1 Å². The summed E-state index contributed by atoms with van der Waals surface area (Å²) in [6.45, 7) is 4.53. The van der Waals surface area contributed by atoms with Gasteiger partial charge >= 0.3 is 0 Å². The van der Waals surface area contributed by atoms with Gasteiger partial charge in [0.15, 0.2) is 0 Å². The molecule has 29 heavy (non-hydrogen) atoms. The number of ether oxygens (including phenoxy) is 1. The van der Waals surface area contributed by atoms with E-state index >= 15 is 0 Å². The Morgan fingerprint density at radius 3 is 2.59 bits per heavy atom. The van der Waals surface area contributed by atoms with E-state index in [9.17, 15) is 4.79 Å². The third-order valence-electron chi connectivity index (χ3n) is 4.47. The minimum absolute atomic E-state index is 0.148. The summed E-state index contributed by atoms with van der Waals surface area (Å²) in [5.74, 6) is 0.573. The zero-order chi connectivity index (χ0) is 20.6. The van der Waals surface area contributed by atoms with Gasteiger partial charge in [-0.3, -0.25) is 4.79 Å². The molecule has 0 radical (unpaired) electrons. The van der Waals surface area contributed by atoms with Crippen LogP contribution in [0.2, 0.25) is 0 Å². The van der Waals surface area contributed by atoms with Gasteiger partial charge in [-0.15, -0.1) is 0 Å². The minimum atomic E-state index is -0.148. The lowest BCUT2D eigenvalue weighted by atomic mass is 10.0. The van der Waals surface area contributed by atoms with Gasteiger partial charge in [-0.05, 0) is 77.4 Å². The van der Waals surface area contributed by atoms with Crippen LogP contribution in [0.5, 0.6) is 5.75 Å². The second-order valence-corrected chi connectivity index (χ2v) is 8.10. The zero-order valence-corrected chi connectivity index (χ0v) is 18.6. The molecule has 148 valence electrons. The summed E-state index contributed by atoms with van der Waals surface area (Å²) >= 11 is 2.28. The van der Waals surface area contributed by atoms with Crippen molar-refractivity contribution in [2.75, 3.05) is 0 Å². The molecule has 0 unspecified atom stereocenters. The minimum Gasteiger partial charge on any atom is -0.488 e. The lowest BCUT2D eigenvalue weighted by Gasteiger charge is -2.09. The molecular weight excluding hydrogens is 475 g/mol. The molecule has 0 fully saturated rings. The van der Waals surface area contributed by atoms with E-state index < -0.39 is 0 Å². The Balaban J connectivity index is 1.58. The largest absolute Gasteiger partial charge is 0.488 e. The first-order valence-electron chi connectivity index (χ1n) is 9.35. The van der Waals surface area contributed by atoms with E-state index in [1.54, 1.807) is 6.21 Å². The van der Waals surface area contributed by atoms with E-state index in [1.807, 2.05) is 62.4 Å². The maximum atomic E-state index is 12.2. The van der Waals surface area contributed by atoms with Crippen molar-refractivity contribution in [3.8, 4) is 5.75 Å². The Morgan fingerprint density at radius 1 is 1.07 bits per heavy atom. The lowest BCUT2D eigenvalue weighted by molar-refractivity contribution is -0.120. The Bertz CT molecular complexity index is 1010. The van der Waals surface area contributed by atoms with Gasteiger partial charge in [-0.1, -0.05) is 48.0 Å². The van der Waals surface area contributed by atoms with Gasteiger partial charge in [-0.25, -0.2) is 5.43 Å². The fourth-order valence-corrected chi connectivity index (χ4v) is 3.25. The van der Waals surface area contributed by atoms with E-state index in [0.717, 1.165) is 28.0 Å². The summed E-state index contributed by atoms with van der Waals surface area (Å²) in [7, 11) is 0. The van der Waals surface area contributed by atoms with Gasteiger partial charge in [0.25, 0.3) is 0 Å². The second kappa shape index (κ2) is 10.2. The molecule has 3 rings (SSSR count). The topological polar surface area (TPSA) is 50.7 Å². The standard InChI is InChI=1S/C24H23IN2O2/c1-17-7-10-20(18(2)13-17)14-24(28)27-26-15-21-5-3-4-6-23(21)29-16-19-8-11-22(25)12-9-19/h3-13,15H,14,16H2,1-2H3,(H,27,28)/b26-15-.